The predicted molar refractivity (Wildman–Crippen MR) is 140 cm³/mol. The lowest BCUT2D eigenvalue weighted by Crippen LogP contribution is -2.48. The van der Waals surface area contributed by atoms with Gasteiger partial charge in [0.2, 0.25) is 11.9 Å². The van der Waals surface area contributed by atoms with Crippen molar-refractivity contribution in [2.24, 2.45) is 17.3 Å². The van der Waals surface area contributed by atoms with Gasteiger partial charge in [-0.25, -0.2) is 24.5 Å². The molecule has 3 N–H and O–H groups in total. The summed E-state index contributed by atoms with van der Waals surface area (Å²) in [4.78, 5) is 49.3. The number of rotatable bonds is 6. The molecule has 2 saturated heterocycles. The summed E-state index contributed by atoms with van der Waals surface area (Å²) in [6.45, 7) is 5.18. The molecule has 5 rings (SSSR count). The highest BCUT2D eigenvalue weighted by Gasteiger charge is 2.53. The van der Waals surface area contributed by atoms with E-state index in [0.29, 0.717) is 12.5 Å². The molecule has 3 aliphatic rings. The Bertz CT molecular complexity index is 1190. The molecule has 0 bridgehead atoms. The number of carboxylic acids is 2. The summed E-state index contributed by atoms with van der Waals surface area (Å²) in [5.41, 5.74) is -0.355. The third-order valence-corrected chi connectivity index (χ3v) is 7.90. The summed E-state index contributed by atoms with van der Waals surface area (Å²) >= 11 is 1.71. The van der Waals surface area contributed by atoms with Gasteiger partial charge in [0.15, 0.2) is 0 Å². The minimum atomic E-state index is -5.08. The zero-order valence-electron chi connectivity index (χ0n) is 22.6. The van der Waals surface area contributed by atoms with Gasteiger partial charge in [-0.05, 0) is 44.2 Å². The van der Waals surface area contributed by atoms with E-state index >= 15 is 0 Å². The molecular weight excluding hydrogens is 610 g/mol. The number of nitrogens with zero attached hydrogens (tertiary/aromatic N) is 5. The van der Waals surface area contributed by atoms with Crippen molar-refractivity contribution >= 4 is 35.1 Å². The number of aromatic nitrogens is 3. The molecule has 0 unspecified atom stereocenters. The Morgan fingerprint density at radius 3 is 2.09 bits per heavy atom. The predicted octanol–water partition coefficient (Wildman–Crippen LogP) is 3.44. The second-order valence-corrected chi connectivity index (χ2v) is 11.3. The van der Waals surface area contributed by atoms with E-state index in [1.54, 1.807) is 23.7 Å². The molecule has 238 valence electrons. The van der Waals surface area contributed by atoms with Crippen LogP contribution in [0.5, 0.6) is 0 Å². The van der Waals surface area contributed by atoms with Crippen LogP contribution in [0.25, 0.3) is 0 Å². The standard InChI is InChI=1S/C21H28N6OS.2C2HF3O2/c28-19(25-11-16-3-4-16)21-5-1-9-26(14-18-22-8-10-29-18)12-17(21)13-27(15-21)20-23-6-2-7-24-20;2*3-2(4,5)1(6)7/h2,6-8,10,16-17H,1,3-5,9,11-15H2,(H,25,28);2*(H,6,7)/t17-,21-;;/m0../s1. The van der Waals surface area contributed by atoms with E-state index in [4.69, 9.17) is 19.8 Å². The number of carboxylic acid groups (broad SMARTS) is 2. The molecule has 0 radical (unpaired) electrons. The van der Waals surface area contributed by atoms with Crippen molar-refractivity contribution < 1.29 is 50.9 Å². The number of amides is 1. The average Bonchev–Trinajstić information content (AvgIpc) is 3.54. The number of hydrogen-bond acceptors (Lipinski definition) is 9. The van der Waals surface area contributed by atoms with Gasteiger partial charge < -0.3 is 20.4 Å². The number of anilines is 1. The van der Waals surface area contributed by atoms with Crippen LogP contribution >= 0.6 is 11.3 Å². The molecule has 1 aliphatic carbocycles. The number of alkyl halides is 6. The van der Waals surface area contributed by atoms with Gasteiger partial charge in [0.1, 0.15) is 5.01 Å². The van der Waals surface area contributed by atoms with Crippen LogP contribution < -0.4 is 10.2 Å². The van der Waals surface area contributed by atoms with E-state index in [0.717, 1.165) is 56.5 Å². The van der Waals surface area contributed by atoms with Crippen LogP contribution in [0.15, 0.2) is 30.0 Å². The number of carbonyl (C=O) groups is 3. The van der Waals surface area contributed by atoms with Gasteiger partial charge in [-0.3, -0.25) is 9.69 Å². The summed E-state index contributed by atoms with van der Waals surface area (Å²) < 4.78 is 63.5. The molecule has 2 aromatic rings. The first-order valence-electron chi connectivity index (χ1n) is 13.1. The smallest absolute Gasteiger partial charge is 0.475 e. The molecule has 1 amide bonds. The van der Waals surface area contributed by atoms with Gasteiger partial charge in [0.25, 0.3) is 0 Å². The molecule has 1 saturated carbocycles. The van der Waals surface area contributed by atoms with Gasteiger partial charge in [-0.1, -0.05) is 0 Å². The van der Waals surface area contributed by atoms with Crippen LogP contribution in [0.1, 0.15) is 30.7 Å². The number of nitrogens with one attached hydrogen (secondary N) is 1. The minimum absolute atomic E-state index is 0.240. The Labute approximate surface area is 245 Å². The monoisotopic (exact) mass is 640 g/mol. The van der Waals surface area contributed by atoms with Crippen LogP contribution in [0.4, 0.5) is 32.3 Å². The normalized spacial score (nSPS) is 22.2. The molecule has 11 nitrogen and oxygen atoms in total. The zero-order valence-corrected chi connectivity index (χ0v) is 23.5. The van der Waals surface area contributed by atoms with Gasteiger partial charge in [0.05, 0.1) is 12.0 Å². The van der Waals surface area contributed by atoms with Crippen molar-refractivity contribution in [1.29, 1.82) is 0 Å². The number of hydrogen-bond donors (Lipinski definition) is 3. The number of fused-ring (bicyclic) bond motifs is 1. The quantitative estimate of drug-likeness (QED) is 0.401. The lowest BCUT2D eigenvalue weighted by atomic mass is 9.74. The maximum atomic E-state index is 13.5. The lowest BCUT2D eigenvalue weighted by Gasteiger charge is -2.32. The van der Waals surface area contributed by atoms with E-state index in [1.807, 2.05) is 17.6 Å². The Hall–Kier alpha value is -3.54. The number of halogens is 6. The van der Waals surface area contributed by atoms with Gasteiger partial charge in [0, 0.05) is 56.1 Å². The Kier molecular flexibility index (Phi) is 11.3. The number of likely N-dealkylation sites (tertiary alicyclic amines) is 1. The maximum absolute atomic E-state index is 13.5. The summed E-state index contributed by atoms with van der Waals surface area (Å²) in [6.07, 6.45) is -0.271. The van der Waals surface area contributed by atoms with Gasteiger partial charge in [-0.2, -0.15) is 26.3 Å². The summed E-state index contributed by atoms with van der Waals surface area (Å²) in [7, 11) is 0. The van der Waals surface area contributed by atoms with Crippen LogP contribution in [-0.2, 0) is 20.9 Å². The molecule has 2 aliphatic heterocycles. The fourth-order valence-electron chi connectivity index (χ4n) is 4.89. The average molecular weight is 641 g/mol. The van der Waals surface area contributed by atoms with Crippen molar-refractivity contribution in [3.05, 3.63) is 35.0 Å². The van der Waals surface area contributed by atoms with E-state index in [9.17, 15) is 31.1 Å². The van der Waals surface area contributed by atoms with Gasteiger partial charge >= 0.3 is 24.3 Å². The summed E-state index contributed by atoms with van der Waals surface area (Å²) in [6, 6.07) is 1.84. The third kappa shape index (κ3) is 10.0. The highest BCUT2D eigenvalue weighted by atomic mass is 32.1. The number of aliphatic carboxylic acids is 2. The molecule has 43 heavy (non-hydrogen) atoms. The van der Waals surface area contributed by atoms with Crippen molar-refractivity contribution in [2.45, 2.75) is 44.6 Å². The second-order valence-electron chi connectivity index (χ2n) is 10.3. The number of carbonyl (C=O) groups excluding carboxylic acids is 1. The molecular formula is C25H30F6N6O5S. The Morgan fingerprint density at radius 1 is 0.977 bits per heavy atom. The van der Waals surface area contributed by atoms with Gasteiger partial charge in [-0.15, -0.1) is 11.3 Å². The minimum Gasteiger partial charge on any atom is -0.475 e. The fourth-order valence-corrected chi connectivity index (χ4v) is 5.55. The maximum Gasteiger partial charge on any atom is 0.490 e. The Balaban J connectivity index is 0.000000303. The number of thiazole rings is 1. The van der Waals surface area contributed by atoms with E-state index in [-0.39, 0.29) is 17.2 Å². The SMILES string of the molecule is O=C(NCC1CC1)[C@]12CCCN(Cc3nccs3)C[C@H]1CN(c1ncccn1)C2.O=C(O)C(F)(F)F.O=C(O)C(F)(F)F. The molecule has 18 heteroatoms. The second kappa shape index (κ2) is 14.3. The van der Waals surface area contributed by atoms with Crippen LogP contribution in [0.3, 0.4) is 0 Å². The highest BCUT2D eigenvalue weighted by molar-refractivity contribution is 7.09. The van der Waals surface area contributed by atoms with Crippen molar-refractivity contribution in [3.63, 3.8) is 0 Å². The lowest BCUT2D eigenvalue weighted by molar-refractivity contribution is -0.193. The summed E-state index contributed by atoms with van der Waals surface area (Å²) in [5, 5.41) is 20.7. The first-order valence-corrected chi connectivity index (χ1v) is 14.0. The van der Waals surface area contributed by atoms with E-state index < -0.39 is 24.3 Å². The fraction of sp³-hybridized carbons (Fsp3) is 0.600. The molecule has 2 aromatic heterocycles. The largest absolute Gasteiger partial charge is 0.490 e. The molecule has 0 aromatic carbocycles. The topological polar surface area (TPSA) is 149 Å². The third-order valence-electron chi connectivity index (χ3n) is 7.13. The molecule has 3 fully saturated rings. The zero-order chi connectivity index (χ0) is 31.8. The van der Waals surface area contributed by atoms with Crippen LogP contribution in [0, 0.1) is 17.3 Å². The van der Waals surface area contributed by atoms with E-state index in [1.165, 1.54) is 12.8 Å². The van der Waals surface area contributed by atoms with E-state index in [2.05, 4.69) is 30.1 Å². The first kappa shape index (κ1) is 34.0. The summed E-state index contributed by atoms with van der Waals surface area (Å²) in [5.74, 6) is -3.57. The van der Waals surface area contributed by atoms with Crippen LogP contribution in [0.2, 0.25) is 0 Å². The molecule has 0 spiro atoms. The Morgan fingerprint density at radius 2 is 1.58 bits per heavy atom. The van der Waals surface area contributed by atoms with Crippen LogP contribution in [-0.4, -0.2) is 93.0 Å². The molecule has 4 heterocycles. The highest BCUT2D eigenvalue weighted by Crippen LogP contribution is 2.44. The van der Waals surface area contributed by atoms with Crippen molar-refractivity contribution in [3.8, 4) is 0 Å². The molecule has 2 atom stereocenters. The first-order chi connectivity index (χ1) is 20.1. The van der Waals surface area contributed by atoms with Crippen molar-refractivity contribution in [2.75, 3.05) is 37.6 Å². The van der Waals surface area contributed by atoms with Crippen molar-refractivity contribution in [1.82, 2.24) is 25.2 Å².